The van der Waals surface area contributed by atoms with E-state index in [0.29, 0.717) is 5.69 Å². The Hall–Kier alpha value is -3.73. The van der Waals surface area contributed by atoms with Gasteiger partial charge in [-0.05, 0) is 67.0 Å². The lowest BCUT2D eigenvalue weighted by Crippen LogP contribution is -2.39. The Kier molecular flexibility index (Phi) is 5.08. The van der Waals surface area contributed by atoms with Gasteiger partial charge in [-0.1, -0.05) is 42.0 Å². The minimum atomic E-state index is -0.130. The number of anilines is 2. The quantitative estimate of drug-likeness (QED) is 0.500. The van der Waals surface area contributed by atoms with Crippen molar-refractivity contribution in [2.24, 2.45) is 0 Å². The zero-order chi connectivity index (χ0) is 21.2. The van der Waals surface area contributed by atoms with E-state index in [1.54, 1.807) is 18.5 Å². The van der Waals surface area contributed by atoms with Crippen LogP contribution in [0, 0.1) is 6.92 Å². The summed E-state index contributed by atoms with van der Waals surface area (Å²) in [5.74, 6) is 0.649. The number of hydrogen-bond donors (Lipinski definition) is 2. The van der Waals surface area contributed by atoms with Crippen LogP contribution in [0.25, 0.3) is 10.8 Å². The fourth-order valence-electron chi connectivity index (χ4n) is 4.20. The van der Waals surface area contributed by atoms with Gasteiger partial charge in [0.15, 0.2) is 0 Å². The average molecular weight is 409 g/mol. The van der Waals surface area contributed by atoms with E-state index >= 15 is 0 Å². The fourth-order valence-corrected chi connectivity index (χ4v) is 4.20. The van der Waals surface area contributed by atoms with Gasteiger partial charge in [0.2, 0.25) is 0 Å². The molecule has 1 aliphatic rings. The molecule has 1 unspecified atom stereocenters. The second kappa shape index (κ2) is 8.19. The minimum absolute atomic E-state index is 0.130. The van der Waals surface area contributed by atoms with Gasteiger partial charge in [-0.25, -0.2) is 9.97 Å². The number of pyridine rings is 2. The number of fused-ring (bicyclic) bond motifs is 2. The number of amides is 1. The zero-order valence-electron chi connectivity index (χ0n) is 17.4. The van der Waals surface area contributed by atoms with E-state index in [2.05, 4.69) is 70.0 Å². The highest BCUT2D eigenvalue weighted by Gasteiger charge is 2.20. The lowest BCUT2D eigenvalue weighted by atomic mass is 9.88. The maximum Gasteiger partial charge on any atom is 0.270 e. The first-order valence-electron chi connectivity index (χ1n) is 10.6. The molecule has 1 aliphatic carbocycles. The van der Waals surface area contributed by atoms with Crippen molar-refractivity contribution in [3.63, 3.8) is 0 Å². The topological polar surface area (TPSA) is 66.9 Å². The first-order valence-corrected chi connectivity index (χ1v) is 10.6. The van der Waals surface area contributed by atoms with Gasteiger partial charge in [0, 0.05) is 17.6 Å². The lowest BCUT2D eigenvalue weighted by Gasteiger charge is -2.25. The number of nitrogens with zero attached hydrogens (tertiary/aromatic N) is 2. The Morgan fingerprint density at radius 2 is 1.87 bits per heavy atom. The highest BCUT2D eigenvalue weighted by Crippen LogP contribution is 2.25. The maximum atomic E-state index is 12.7. The van der Waals surface area contributed by atoms with Crippen LogP contribution in [0.5, 0.6) is 0 Å². The van der Waals surface area contributed by atoms with Crippen LogP contribution in [-0.2, 0) is 12.8 Å². The molecule has 1 amide bonds. The van der Waals surface area contributed by atoms with Crippen molar-refractivity contribution in [1.29, 1.82) is 0 Å². The van der Waals surface area contributed by atoms with E-state index in [-0.39, 0.29) is 11.9 Å². The summed E-state index contributed by atoms with van der Waals surface area (Å²) in [6, 6.07) is 20.5. The largest absolute Gasteiger partial charge is 0.348 e. The summed E-state index contributed by atoms with van der Waals surface area (Å²) >= 11 is 0. The molecule has 2 N–H and O–H groups in total. The molecule has 0 fully saturated rings. The standard InChI is InChI=1S/C26H24N4O/c1-17-6-7-19-12-13-27-25(23(19)14-17)29-22-10-11-24(28-16-22)26(31)30-21-9-8-18-4-2-3-5-20(18)15-21/h2-7,10-14,16,21H,8-9,15H2,1H3,(H,27,29)(H,30,31). The van der Waals surface area contributed by atoms with Crippen molar-refractivity contribution in [3.05, 3.63) is 95.4 Å². The lowest BCUT2D eigenvalue weighted by molar-refractivity contribution is 0.0928. The Morgan fingerprint density at radius 1 is 1.00 bits per heavy atom. The van der Waals surface area contributed by atoms with Gasteiger partial charge in [-0.2, -0.15) is 0 Å². The van der Waals surface area contributed by atoms with E-state index in [1.165, 1.54) is 16.7 Å². The third-order valence-corrected chi connectivity index (χ3v) is 5.86. The van der Waals surface area contributed by atoms with Crippen molar-refractivity contribution in [2.45, 2.75) is 32.2 Å². The summed E-state index contributed by atoms with van der Waals surface area (Å²) in [5, 5.41) is 8.65. The normalized spacial score (nSPS) is 15.3. The van der Waals surface area contributed by atoms with E-state index < -0.39 is 0 Å². The smallest absolute Gasteiger partial charge is 0.270 e. The number of rotatable bonds is 4. The van der Waals surface area contributed by atoms with Crippen LogP contribution < -0.4 is 10.6 Å². The summed E-state index contributed by atoms with van der Waals surface area (Å²) < 4.78 is 0. The molecule has 31 heavy (non-hydrogen) atoms. The zero-order valence-corrected chi connectivity index (χ0v) is 17.4. The summed E-state index contributed by atoms with van der Waals surface area (Å²) in [6.45, 7) is 2.07. The Bertz CT molecular complexity index is 1250. The Balaban J connectivity index is 1.27. The highest BCUT2D eigenvalue weighted by atomic mass is 16.1. The van der Waals surface area contributed by atoms with Gasteiger partial charge < -0.3 is 10.6 Å². The number of nitrogens with one attached hydrogen (secondary N) is 2. The van der Waals surface area contributed by atoms with Crippen LogP contribution in [0.1, 0.15) is 33.6 Å². The minimum Gasteiger partial charge on any atom is -0.348 e. The summed E-state index contributed by atoms with van der Waals surface area (Å²) in [4.78, 5) is 21.6. The predicted molar refractivity (Wildman–Crippen MR) is 124 cm³/mol. The third-order valence-electron chi connectivity index (χ3n) is 5.86. The van der Waals surface area contributed by atoms with E-state index in [4.69, 9.17) is 0 Å². The van der Waals surface area contributed by atoms with Gasteiger partial charge in [0.1, 0.15) is 11.5 Å². The number of aryl methyl sites for hydroxylation is 2. The van der Waals surface area contributed by atoms with Crippen LogP contribution in [0.3, 0.4) is 0 Å². The third kappa shape index (κ3) is 4.12. The van der Waals surface area contributed by atoms with Crippen LogP contribution in [0.2, 0.25) is 0 Å². The maximum absolute atomic E-state index is 12.7. The second-order valence-electron chi connectivity index (χ2n) is 8.12. The molecule has 0 spiro atoms. The molecule has 5 nitrogen and oxygen atoms in total. The van der Waals surface area contributed by atoms with Crippen LogP contribution in [0.4, 0.5) is 11.5 Å². The second-order valence-corrected chi connectivity index (χ2v) is 8.12. The van der Waals surface area contributed by atoms with E-state index in [1.807, 2.05) is 12.1 Å². The number of aromatic nitrogens is 2. The molecule has 5 heteroatoms. The fraction of sp³-hybridized carbons (Fsp3) is 0.192. The molecule has 0 radical (unpaired) electrons. The molecule has 4 aromatic rings. The van der Waals surface area contributed by atoms with Crippen LogP contribution in [-0.4, -0.2) is 21.9 Å². The Morgan fingerprint density at radius 3 is 2.71 bits per heavy atom. The average Bonchev–Trinajstić information content (AvgIpc) is 2.80. The number of carbonyl (C=O) groups excluding carboxylic acids is 1. The van der Waals surface area contributed by atoms with Gasteiger partial charge in [-0.15, -0.1) is 0 Å². The van der Waals surface area contributed by atoms with Gasteiger partial charge in [0.05, 0.1) is 11.9 Å². The monoisotopic (exact) mass is 408 g/mol. The summed E-state index contributed by atoms with van der Waals surface area (Å²) in [5.41, 5.74) is 5.11. The number of hydrogen-bond acceptors (Lipinski definition) is 4. The molecule has 0 aliphatic heterocycles. The molecule has 1 atom stereocenters. The molecule has 0 saturated heterocycles. The molecule has 5 rings (SSSR count). The molecule has 0 bridgehead atoms. The summed E-state index contributed by atoms with van der Waals surface area (Å²) in [6.07, 6.45) is 6.29. The van der Waals surface area contributed by atoms with Gasteiger partial charge in [0.25, 0.3) is 5.91 Å². The van der Waals surface area contributed by atoms with Crippen LogP contribution in [0.15, 0.2) is 73.1 Å². The van der Waals surface area contributed by atoms with Gasteiger partial charge in [-0.3, -0.25) is 4.79 Å². The number of carbonyl (C=O) groups is 1. The van der Waals surface area contributed by atoms with E-state index in [9.17, 15) is 4.79 Å². The molecule has 2 aromatic carbocycles. The van der Waals surface area contributed by atoms with Crippen molar-refractivity contribution in [3.8, 4) is 0 Å². The van der Waals surface area contributed by atoms with Crippen molar-refractivity contribution in [1.82, 2.24) is 15.3 Å². The molecule has 2 heterocycles. The number of benzene rings is 2. The highest BCUT2D eigenvalue weighted by molar-refractivity contribution is 5.94. The van der Waals surface area contributed by atoms with Gasteiger partial charge >= 0.3 is 0 Å². The predicted octanol–water partition coefficient (Wildman–Crippen LogP) is 4.97. The first-order chi connectivity index (χ1) is 15.2. The van der Waals surface area contributed by atoms with Crippen molar-refractivity contribution in [2.75, 3.05) is 5.32 Å². The molecular formula is C26H24N4O. The SMILES string of the molecule is Cc1ccc2ccnc(Nc3ccc(C(=O)NC4CCc5ccccc5C4)nc3)c2c1. The van der Waals surface area contributed by atoms with Crippen LogP contribution >= 0.6 is 0 Å². The van der Waals surface area contributed by atoms with Crippen molar-refractivity contribution < 1.29 is 4.79 Å². The first kappa shape index (κ1) is 19.2. The molecule has 154 valence electrons. The molecule has 2 aromatic heterocycles. The molecule has 0 saturated carbocycles. The summed E-state index contributed by atoms with van der Waals surface area (Å²) in [7, 11) is 0. The Labute approximate surface area is 181 Å². The van der Waals surface area contributed by atoms with E-state index in [0.717, 1.165) is 41.5 Å². The van der Waals surface area contributed by atoms with Crippen molar-refractivity contribution >= 4 is 28.2 Å². The molecular weight excluding hydrogens is 384 g/mol.